The van der Waals surface area contributed by atoms with Gasteiger partial charge in [-0.05, 0) is 25.1 Å². The van der Waals surface area contributed by atoms with Crippen molar-refractivity contribution in [3.63, 3.8) is 0 Å². The van der Waals surface area contributed by atoms with Gasteiger partial charge in [-0.2, -0.15) is 22.7 Å². The monoisotopic (exact) mass is 328 g/mol. The van der Waals surface area contributed by atoms with Gasteiger partial charge >= 0.3 is 12.1 Å². The average molecular weight is 328 g/mol. The Hall–Kier alpha value is -2.49. The van der Waals surface area contributed by atoms with Gasteiger partial charge in [-0.1, -0.05) is 0 Å². The SMILES string of the molecule is Cc1ccc(-c2cc(C(F)(F)F)n3nc(C(=O)O)nc3n2)s1. The van der Waals surface area contributed by atoms with E-state index in [0.29, 0.717) is 9.39 Å². The molecule has 0 saturated heterocycles. The summed E-state index contributed by atoms with van der Waals surface area (Å²) >= 11 is 1.28. The Bertz CT molecular complexity index is 884. The van der Waals surface area contributed by atoms with Gasteiger partial charge in [0.15, 0.2) is 5.69 Å². The minimum absolute atomic E-state index is 0.0715. The lowest BCUT2D eigenvalue weighted by Gasteiger charge is -2.09. The van der Waals surface area contributed by atoms with Crippen LogP contribution in [0.15, 0.2) is 18.2 Å². The van der Waals surface area contributed by atoms with E-state index in [-0.39, 0.29) is 5.69 Å². The number of hydrogen-bond donors (Lipinski definition) is 1. The maximum atomic E-state index is 13.2. The van der Waals surface area contributed by atoms with Crippen molar-refractivity contribution in [2.24, 2.45) is 0 Å². The van der Waals surface area contributed by atoms with Crippen LogP contribution in [-0.2, 0) is 6.18 Å². The number of nitrogens with zero attached hydrogens (tertiary/aromatic N) is 4. The van der Waals surface area contributed by atoms with Crippen LogP contribution in [0.5, 0.6) is 0 Å². The van der Waals surface area contributed by atoms with E-state index in [2.05, 4.69) is 15.1 Å². The second kappa shape index (κ2) is 4.77. The molecule has 0 aromatic carbocycles. The molecule has 3 rings (SSSR count). The number of rotatable bonds is 2. The number of carboxylic acids is 1. The van der Waals surface area contributed by atoms with E-state index in [1.807, 2.05) is 6.92 Å². The minimum Gasteiger partial charge on any atom is -0.475 e. The molecule has 0 radical (unpaired) electrons. The summed E-state index contributed by atoms with van der Waals surface area (Å²) < 4.78 is 39.9. The quantitative estimate of drug-likeness (QED) is 0.782. The van der Waals surface area contributed by atoms with Crippen LogP contribution >= 0.6 is 11.3 Å². The summed E-state index contributed by atoms with van der Waals surface area (Å²) in [5.74, 6) is -2.67. The van der Waals surface area contributed by atoms with Crippen molar-refractivity contribution in [1.29, 1.82) is 0 Å². The van der Waals surface area contributed by atoms with Crippen molar-refractivity contribution in [2.45, 2.75) is 13.1 Å². The molecule has 3 aromatic heterocycles. The lowest BCUT2D eigenvalue weighted by Crippen LogP contribution is -2.14. The third kappa shape index (κ3) is 2.41. The Balaban J connectivity index is 2.30. The van der Waals surface area contributed by atoms with Crippen LogP contribution in [0.3, 0.4) is 0 Å². The Morgan fingerprint density at radius 2 is 2.05 bits per heavy atom. The van der Waals surface area contributed by atoms with Gasteiger partial charge in [-0.3, -0.25) is 0 Å². The lowest BCUT2D eigenvalue weighted by molar-refractivity contribution is -0.142. The zero-order valence-corrected chi connectivity index (χ0v) is 11.7. The van der Waals surface area contributed by atoms with Crippen molar-refractivity contribution in [3.05, 3.63) is 34.6 Å². The summed E-state index contributed by atoms with van der Waals surface area (Å²) in [5, 5.41) is 12.2. The molecular formula is C12H7F3N4O2S. The van der Waals surface area contributed by atoms with Gasteiger partial charge in [0.05, 0.1) is 10.6 Å². The smallest absolute Gasteiger partial charge is 0.433 e. The zero-order valence-electron chi connectivity index (χ0n) is 10.9. The van der Waals surface area contributed by atoms with E-state index in [1.54, 1.807) is 12.1 Å². The van der Waals surface area contributed by atoms with Crippen LogP contribution in [0.4, 0.5) is 13.2 Å². The second-order valence-electron chi connectivity index (χ2n) is 4.39. The molecule has 0 atom stereocenters. The fourth-order valence-corrected chi connectivity index (χ4v) is 2.69. The standard InChI is InChI=1S/C12H7F3N4O2S/c1-5-2-3-7(22-5)6-4-8(12(13,14)15)19-11(16-6)17-9(18-19)10(20)21/h2-4H,1H3,(H,20,21). The van der Waals surface area contributed by atoms with Crippen molar-refractivity contribution < 1.29 is 23.1 Å². The number of hydrogen-bond acceptors (Lipinski definition) is 5. The van der Waals surface area contributed by atoms with Crippen LogP contribution in [-0.4, -0.2) is 30.7 Å². The van der Waals surface area contributed by atoms with E-state index >= 15 is 0 Å². The van der Waals surface area contributed by atoms with Gasteiger partial charge in [0.2, 0.25) is 0 Å². The maximum absolute atomic E-state index is 13.2. The van der Waals surface area contributed by atoms with Crippen LogP contribution in [0, 0.1) is 6.92 Å². The molecular weight excluding hydrogens is 321 g/mol. The van der Waals surface area contributed by atoms with Crippen LogP contribution in [0.25, 0.3) is 16.3 Å². The fourth-order valence-electron chi connectivity index (χ4n) is 1.86. The molecule has 0 saturated carbocycles. The van der Waals surface area contributed by atoms with Gasteiger partial charge in [0, 0.05) is 4.88 Å². The molecule has 0 aliphatic carbocycles. The molecule has 0 bridgehead atoms. The first-order valence-corrected chi connectivity index (χ1v) is 6.72. The number of halogens is 3. The first kappa shape index (κ1) is 14.4. The van der Waals surface area contributed by atoms with E-state index in [9.17, 15) is 18.0 Å². The van der Waals surface area contributed by atoms with E-state index in [1.165, 1.54) is 11.3 Å². The van der Waals surface area contributed by atoms with Gasteiger partial charge < -0.3 is 5.11 Å². The molecule has 10 heteroatoms. The summed E-state index contributed by atoms with van der Waals surface area (Å²) in [7, 11) is 0. The number of alkyl halides is 3. The highest BCUT2D eigenvalue weighted by molar-refractivity contribution is 7.15. The van der Waals surface area contributed by atoms with Crippen molar-refractivity contribution in [2.75, 3.05) is 0 Å². The average Bonchev–Trinajstić information content (AvgIpc) is 3.01. The van der Waals surface area contributed by atoms with Crippen molar-refractivity contribution >= 4 is 23.1 Å². The van der Waals surface area contributed by atoms with Crippen molar-refractivity contribution in [3.8, 4) is 10.6 Å². The number of fused-ring (bicyclic) bond motifs is 1. The predicted molar refractivity (Wildman–Crippen MR) is 70.8 cm³/mol. The summed E-state index contributed by atoms with van der Waals surface area (Å²) in [5.41, 5.74) is -1.05. The molecule has 1 N–H and O–H groups in total. The Labute approximate surface area is 124 Å². The molecule has 6 nitrogen and oxygen atoms in total. The summed E-state index contributed by atoms with van der Waals surface area (Å²) in [6, 6.07) is 4.23. The number of carboxylic acid groups (broad SMARTS) is 1. The highest BCUT2D eigenvalue weighted by Gasteiger charge is 2.36. The normalized spacial score (nSPS) is 12.0. The Morgan fingerprint density at radius 1 is 1.32 bits per heavy atom. The van der Waals surface area contributed by atoms with E-state index in [0.717, 1.165) is 10.9 Å². The number of aryl methyl sites for hydroxylation is 1. The molecule has 3 aromatic rings. The lowest BCUT2D eigenvalue weighted by atomic mass is 10.2. The highest BCUT2D eigenvalue weighted by Crippen LogP contribution is 2.33. The molecule has 0 aliphatic rings. The second-order valence-corrected chi connectivity index (χ2v) is 5.67. The van der Waals surface area contributed by atoms with E-state index in [4.69, 9.17) is 5.11 Å². The van der Waals surface area contributed by atoms with E-state index < -0.39 is 29.4 Å². The summed E-state index contributed by atoms with van der Waals surface area (Å²) in [6.45, 7) is 1.82. The first-order valence-electron chi connectivity index (χ1n) is 5.91. The predicted octanol–water partition coefficient (Wildman–Crippen LogP) is 2.88. The first-order chi connectivity index (χ1) is 10.3. The summed E-state index contributed by atoms with van der Waals surface area (Å²) in [6.07, 6.45) is -4.72. The van der Waals surface area contributed by atoms with Crippen LogP contribution in [0.1, 0.15) is 21.2 Å². The summed E-state index contributed by atoms with van der Waals surface area (Å²) in [4.78, 5) is 19.8. The highest BCUT2D eigenvalue weighted by atomic mass is 32.1. The van der Waals surface area contributed by atoms with Gasteiger partial charge in [-0.15, -0.1) is 16.4 Å². The zero-order chi connectivity index (χ0) is 16.1. The topological polar surface area (TPSA) is 80.4 Å². The molecule has 22 heavy (non-hydrogen) atoms. The third-order valence-corrected chi connectivity index (χ3v) is 3.81. The molecule has 114 valence electrons. The van der Waals surface area contributed by atoms with Crippen LogP contribution < -0.4 is 0 Å². The van der Waals surface area contributed by atoms with Gasteiger partial charge in [0.1, 0.15) is 0 Å². The number of aromatic carboxylic acids is 1. The van der Waals surface area contributed by atoms with Gasteiger partial charge in [0.25, 0.3) is 11.6 Å². The largest absolute Gasteiger partial charge is 0.475 e. The molecule has 0 amide bonds. The third-order valence-electron chi connectivity index (χ3n) is 2.79. The van der Waals surface area contributed by atoms with Crippen molar-refractivity contribution in [1.82, 2.24) is 19.6 Å². The molecule has 0 unspecified atom stereocenters. The fraction of sp³-hybridized carbons (Fsp3) is 0.167. The van der Waals surface area contributed by atoms with Gasteiger partial charge in [-0.25, -0.2) is 9.78 Å². The number of thiophene rings is 1. The van der Waals surface area contributed by atoms with Crippen LogP contribution in [0.2, 0.25) is 0 Å². The molecule has 0 fully saturated rings. The molecule has 0 spiro atoms. The number of aromatic nitrogens is 4. The number of carbonyl (C=O) groups is 1. The minimum atomic E-state index is -4.72. The Morgan fingerprint density at radius 3 is 2.59 bits per heavy atom. The maximum Gasteiger partial charge on any atom is 0.433 e. The molecule has 3 heterocycles. The molecule has 0 aliphatic heterocycles. The Kier molecular flexibility index (Phi) is 3.13.